The Morgan fingerprint density at radius 1 is 1.25 bits per heavy atom. The van der Waals surface area contributed by atoms with Crippen LogP contribution in [-0.2, 0) is 26.1 Å². The van der Waals surface area contributed by atoms with Gasteiger partial charge in [-0.3, -0.25) is 9.69 Å². The molecule has 1 aromatic carbocycles. The number of likely N-dealkylation sites (N-methyl/N-ethyl adjacent to an activating group) is 1. The predicted octanol–water partition coefficient (Wildman–Crippen LogP) is 1.76. The third-order valence-electron chi connectivity index (χ3n) is 4.74. The summed E-state index contributed by atoms with van der Waals surface area (Å²) in [5.41, 5.74) is 0.442. The van der Waals surface area contributed by atoms with Crippen LogP contribution >= 0.6 is 0 Å². The van der Waals surface area contributed by atoms with Crippen molar-refractivity contribution in [3.8, 4) is 0 Å². The molecule has 1 aliphatic rings. The maximum atomic E-state index is 12.8. The molecular formula is C19H25N3O5S. The minimum absolute atomic E-state index is 0.156. The van der Waals surface area contributed by atoms with Crippen LogP contribution in [0.25, 0.3) is 0 Å². The van der Waals surface area contributed by atoms with E-state index in [1.807, 2.05) is 18.0 Å². The average molecular weight is 407 g/mol. The highest BCUT2D eigenvalue weighted by Crippen LogP contribution is 2.21. The normalized spacial score (nSPS) is 16.8. The third-order valence-corrected chi connectivity index (χ3v) is 6.63. The molecule has 1 saturated heterocycles. The summed E-state index contributed by atoms with van der Waals surface area (Å²) in [6, 6.07) is 9.55. The Bertz CT molecular complexity index is 892. The van der Waals surface area contributed by atoms with Crippen molar-refractivity contribution < 1.29 is 22.4 Å². The van der Waals surface area contributed by atoms with Crippen molar-refractivity contribution in [1.82, 2.24) is 9.21 Å². The van der Waals surface area contributed by atoms with Crippen LogP contribution < -0.4 is 5.32 Å². The van der Waals surface area contributed by atoms with Gasteiger partial charge in [-0.15, -0.1) is 0 Å². The van der Waals surface area contributed by atoms with Gasteiger partial charge in [0.15, 0.2) is 0 Å². The maximum Gasteiger partial charge on any atom is 0.243 e. The summed E-state index contributed by atoms with van der Waals surface area (Å²) in [4.78, 5) is 14.6. The van der Waals surface area contributed by atoms with Gasteiger partial charge in [-0.2, -0.15) is 4.31 Å². The number of carbonyl (C=O) groups is 1. The Morgan fingerprint density at radius 2 is 2.00 bits per heavy atom. The fourth-order valence-corrected chi connectivity index (χ4v) is 4.36. The summed E-state index contributed by atoms with van der Waals surface area (Å²) in [7, 11) is -1.79. The van der Waals surface area contributed by atoms with Gasteiger partial charge >= 0.3 is 0 Å². The number of nitrogens with zero attached hydrogens (tertiary/aromatic N) is 2. The molecule has 0 bridgehead atoms. The van der Waals surface area contributed by atoms with E-state index >= 15 is 0 Å². The SMILES string of the molecule is C[C@@H](C(=O)Nc1cccc(S(=O)(=O)N2CCOCC2)c1)N(C)Cc1ccco1. The van der Waals surface area contributed by atoms with Gasteiger partial charge in [0, 0.05) is 18.8 Å². The molecule has 152 valence electrons. The van der Waals surface area contributed by atoms with Crippen LogP contribution in [-0.4, -0.2) is 62.9 Å². The molecule has 1 amide bonds. The first-order valence-corrected chi connectivity index (χ1v) is 10.5. The number of sulfonamides is 1. The summed E-state index contributed by atoms with van der Waals surface area (Å²) in [5.74, 6) is 0.538. The van der Waals surface area contributed by atoms with E-state index in [0.717, 1.165) is 5.76 Å². The van der Waals surface area contributed by atoms with Gasteiger partial charge in [0.2, 0.25) is 15.9 Å². The van der Waals surface area contributed by atoms with Crippen LogP contribution in [0.3, 0.4) is 0 Å². The quantitative estimate of drug-likeness (QED) is 0.752. The zero-order chi connectivity index (χ0) is 20.1. The number of furan rings is 1. The molecule has 0 saturated carbocycles. The third kappa shape index (κ3) is 4.79. The van der Waals surface area contributed by atoms with Crippen molar-refractivity contribution in [2.45, 2.75) is 24.4 Å². The van der Waals surface area contributed by atoms with Crippen LogP contribution in [0, 0.1) is 0 Å². The van der Waals surface area contributed by atoms with Crippen molar-refractivity contribution in [2.75, 3.05) is 38.7 Å². The second-order valence-corrected chi connectivity index (χ2v) is 8.64. The van der Waals surface area contributed by atoms with E-state index in [0.29, 0.717) is 38.5 Å². The van der Waals surface area contributed by atoms with E-state index in [4.69, 9.17) is 9.15 Å². The minimum Gasteiger partial charge on any atom is -0.468 e. The zero-order valence-electron chi connectivity index (χ0n) is 16.0. The lowest BCUT2D eigenvalue weighted by molar-refractivity contribution is -0.120. The number of ether oxygens (including phenoxy) is 1. The van der Waals surface area contributed by atoms with Crippen LogP contribution in [0.1, 0.15) is 12.7 Å². The molecule has 0 unspecified atom stereocenters. The van der Waals surface area contributed by atoms with Gasteiger partial charge in [0.05, 0.1) is 37.0 Å². The molecule has 2 aromatic rings. The van der Waals surface area contributed by atoms with Gasteiger partial charge in [-0.25, -0.2) is 8.42 Å². The first-order chi connectivity index (χ1) is 13.4. The highest BCUT2D eigenvalue weighted by molar-refractivity contribution is 7.89. The molecule has 28 heavy (non-hydrogen) atoms. The maximum absolute atomic E-state index is 12.8. The summed E-state index contributed by atoms with van der Waals surface area (Å²) in [6.07, 6.45) is 1.59. The molecule has 8 nitrogen and oxygen atoms in total. The molecule has 9 heteroatoms. The van der Waals surface area contributed by atoms with Gasteiger partial charge < -0.3 is 14.5 Å². The lowest BCUT2D eigenvalue weighted by Crippen LogP contribution is -2.40. The number of hydrogen-bond donors (Lipinski definition) is 1. The summed E-state index contributed by atoms with van der Waals surface area (Å²) >= 11 is 0. The van der Waals surface area contributed by atoms with Gasteiger partial charge in [-0.05, 0) is 44.3 Å². The largest absolute Gasteiger partial charge is 0.468 e. The topological polar surface area (TPSA) is 92.1 Å². The van der Waals surface area contributed by atoms with Crippen LogP contribution in [0.15, 0.2) is 52.0 Å². The number of anilines is 1. The van der Waals surface area contributed by atoms with Crippen molar-refractivity contribution in [2.24, 2.45) is 0 Å². The molecule has 1 atom stereocenters. The minimum atomic E-state index is -3.61. The Morgan fingerprint density at radius 3 is 2.68 bits per heavy atom. The van der Waals surface area contributed by atoms with Crippen LogP contribution in [0.2, 0.25) is 0 Å². The highest BCUT2D eigenvalue weighted by Gasteiger charge is 2.27. The molecule has 1 aliphatic heterocycles. The molecule has 0 spiro atoms. The first-order valence-electron chi connectivity index (χ1n) is 9.09. The Hall–Kier alpha value is -2.20. The van der Waals surface area contributed by atoms with Crippen LogP contribution in [0.4, 0.5) is 5.69 Å². The fourth-order valence-electron chi connectivity index (χ4n) is 2.90. The second-order valence-electron chi connectivity index (χ2n) is 6.70. The van der Waals surface area contributed by atoms with Gasteiger partial charge in [0.25, 0.3) is 0 Å². The number of morpholine rings is 1. The number of rotatable bonds is 7. The monoisotopic (exact) mass is 407 g/mol. The van der Waals surface area contributed by atoms with Crippen LogP contribution in [0.5, 0.6) is 0 Å². The fraction of sp³-hybridized carbons (Fsp3) is 0.421. The lowest BCUT2D eigenvalue weighted by Gasteiger charge is -2.26. The van der Waals surface area contributed by atoms with E-state index < -0.39 is 16.1 Å². The van der Waals surface area contributed by atoms with Crippen molar-refractivity contribution in [3.05, 3.63) is 48.4 Å². The summed E-state index contributed by atoms with van der Waals surface area (Å²) in [5, 5.41) is 2.80. The molecular weight excluding hydrogens is 382 g/mol. The van der Waals surface area contributed by atoms with Crippen molar-refractivity contribution in [3.63, 3.8) is 0 Å². The van der Waals surface area contributed by atoms with Gasteiger partial charge in [-0.1, -0.05) is 6.07 Å². The summed E-state index contributed by atoms with van der Waals surface area (Å²) < 4.78 is 37.5. The first kappa shape index (κ1) is 20.5. The second kappa shape index (κ2) is 8.87. The molecule has 1 fully saturated rings. The number of amides is 1. The number of hydrogen-bond acceptors (Lipinski definition) is 6. The standard InChI is InChI=1S/C19H25N3O5S/c1-15(21(2)14-17-6-4-10-27-17)19(23)20-16-5-3-7-18(13-16)28(24,25)22-8-11-26-12-9-22/h3-7,10,13,15H,8-9,11-12,14H2,1-2H3,(H,20,23)/t15-/m0/s1. The van der Waals surface area contributed by atoms with E-state index in [-0.39, 0.29) is 10.8 Å². The Labute approximate surface area is 165 Å². The molecule has 0 radical (unpaired) electrons. The van der Waals surface area contributed by atoms with Crippen molar-refractivity contribution in [1.29, 1.82) is 0 Å². The number of carbonyl (C=O) groups excluding carboxylic acids is 1. The number of nitrogens with one attached hydrogen (secondary N) is 1. The lowest BCUT2D eigenvalue weighted by atomic mass is 10.2. The molecule has 2 heterocycles. The van der Waals surface area contributed by atoms with E-state index in [1.54, 1.807) is 31.4 Å². The highest BCUT2D eigenvalue weighted by atomic mass is 32.2. The van der Waals surface area contributed by atoms with E-state index in [2.05, 4.69) is 5.32 Å². The number of benzene rings is 1. The molecule has 0 aliphatic carbocycles. The van der Waals surface area contributed by atoms with Crippen molar-refractivity contribution >= 4 is 21.6 Å². The van der Waals surface area contributed by atoms with E-state index in [9.17, 15) is 13.2 Å². The molecule has 1 aromatic heterocycles. The predicted molar refractivity (Wildman–Crippen MR) is 104 cm³/mol. The smallest absolute Gasteiger partial charge is 0.243 e. The Balaban J connectivity index is 1.67. The van der Waals surface area contributed by atoms with E-state index in [1.165, 1.54) is 16.4 Å². The zero-order valence-corrected chi connectivity index (χ0v) is 16.8. The molecule has 3 rings (SSSR count). The average Bonchev–Trinajstić information content (AvgIpc) is 3.21. The summed E-state index contributed by atoms with van der Waals surface area (Å²) in [6.45, 7) is 3.70. The molecule has 1 N–H and O–H groups in total. The Kier molecular flexibility index (Phi) is 6.50. The van der Waals surface area contributed by atoms with Gasteiger partial charge in [0.1, 0.15) is 5.76 Å².